The number of hydrogen-bond acceptors (Lipinski definition) is 3. The van der Waals surface area contributed by atoms with Gasteiger partial charge in [-0.15, -0.1) is 0 Å². The normalized spacial score (nSPS) is 17.9. The van der Waals surface area contributed by atoms with Gasteiger partial charge in [0.15, 0.2) is 0 Å². The monoisotopic (exact) mass is 235 g/mol. The molecule has 17 heavy (non-hydrogen) atoms. The van der Waals surface area contributed by atoms with Crippen molar-refractivity contribution in [2.45, 2.75) is 26.4 Å². The van der Waals surface area contributed by atoms with Crippen LogP contribution in [-0.4, -0.2) is 32.9 Å². The van der Waals surface area contributed by atoms with Crippen LogP contribution in [-0.2, 0) is 11.2 Å². The molecule has 0 amide bonds. The van der Waals surface area contributed by atoms with E-state index in [0.29, 0.717) is 6.10 Å². The van der Waals surface area contributed by atoms with E-state index in [1.807, 2.05) is 0 Å². The fraction of sp³-hybridized carbons (Fsp3) is 0.571. The summed E-state index contributed by atoms with van der Waals surface area (Å²) in [4.78, 5) is 2.32. The van der Waals surface area contributed by atoms with Crippen molar-refractivity contribution in [3.8, 4) is 5.75 Å². The Morgan fingerprint density at radius 3 is 2.59 bits per heavy atom. The molecule has 1 aliphatic rings. The number of anilines is 1. The van der Waals surface area contributed by atoms with Crippen LogP contribution in [0.25, 0.3) is 0 Å². The fourth-order valence-corrected chi connectivity index (χ4v) is 2.12. The van der Waals surface area contributed by atoms with Crippen molar-refractivity contribution >= 4 is 5.69 Å². The SMILES string of the molecule is CCN(CC)c1ccc(CC2CO2)c(OC)c1. The van der Waals surface area contributed by atoms with Crippen molar-refractivity contribution in [2.24, 2.45) is 0 Å². The molecular weight excluding hydrogens is 214 g/mol. The molecule has 1 heterocycles. The molecule has 0 N–H and O–H groups in total. The Labute approximate surface area is 103 Å². The van der Waals surface area contributed by atoms with E-state index < -0.39 is 0 Å². The zero-order valence-electron chi connectivity index (χ0n) is 10.9. The van der Waals surface area contributed by atoms with Crippen LogP contribution in [0.2, 0.25) is 0 Å². The Balaban J connectivity index is 2.19. The highest BCUT2D eigenvalue weighted by Crippen LogP contribution is 2.29. The summed E-state index contributed by atoms with van der Waals surface area (Å²) in [5.41, 5.74) is 2.47. The van der Waals surface area contributed by atoms with Crippen molar-refractivity contribution in [1.82, 2.24) is 0 Å². The van der Waals surface area contributed by atoms with Crippen molar-refractivity contribution < 1.29 is 9.47 Å². The molecule has 0 radical (unpaired) electrons. The average Bonchev–Trinajstić information content (AvgIpc) is 3.16. The lowest BCUT2D eigenvalue weighted by molar-refractivity contribution is 0.390. The van der Waals surface area contributed by atoms with Crippen molar-refractivity contribution in [1.29, 1.82) is 0 Å². The van der Waals surface area contributed by atoms with Gasteiger partial charge in [-0.1, -0.05) is 6.07 Å². The van der Waals surface area contributed by atoms with E-state index in [1.165, 1.54) is 11.3 Å². The molecule has 0 spiro atoms. The number of rotatable bonds is 6. The third-order valence-corrected chi connectivity index (χ3v) is 3.25. The lowest BCUT2D eigenvalue weighted by atomic mass is 10.1. The van der Waals surface area contributed by atoms with Crippen LogP contribution in [0, 0.1) is 0 Å². The van der Waals surface area contributed by atoms with E-state index in [-0.39, 0.29) is 0 Å². The Morgan fingerprint density at radius 1 is 1.35 bits per heavy atom. The summed E-state index contributed by atoms with van der Waals surface area (Å²) in [6, 6.07) is 6.46. The smallest absolute Gasteiger partial charge is 0.124 e. The quantitative estimate of drug-likeness (QED) is 0.708. The number of hydrogen-bond donors (Lipinski definition) is 0. The maximum Gasteiger partial charge on any atom is 0.124 e. The number of benzene rings is 1. The fourth-order valence-electron chi connectivity index (χ4n) is 2.12. The van der Waals surface area contributed by atoms with E-state index in [1.54, 1.807) is 7.11 Å². The highest BCUT2D eigenvalue weighted by molar-refractivity contribution is 5.54. The van der Waals surface area contributed by atoms with E-state index in [4.69, 9.17) is 9.47 Å². The first kappa shape index (κ1) is 12.2. The van der Waals surface area contributed by atoms with Gasteiger partial charge in [0.1, 0.15) is 5.75 Å². The molecule has 0 saturated carbocycles. The van der Waals surface area contributed by atoms with Gasteiger partial charge in [0.05, 0.1) is 19.8 Å². The van der Waals surface area contributed by atoms with Gasteiger partial charge in [0.25, 0.3) is 0 Å². The topological polar surface area (TPSA) is 25.0 Å². The van der Waals surface area contributed by atoms with E-state index in [0.717, 1.165) is 31.9 Å². The molecule has 94 valence electrons. The third kappa shape index (κ3) is 2.91. The van der Waals surface area contributed by atoms with Gasteiger partial charge in [-0.3, -0.25) is 0 Å². The van der Waals surface area contributed by atoms with Gasteiger partial charge in [-0.25, -0.2) is 0 Å². The van der Waals surface area contributed by atoms with Gasteiger partial charge in [0, 0.05) is 31.3 Å². The average molecular weight is 235 g/mol. The van der Waals surface area contributed by atoms with Gasteiger partial charge in [-0.2, -0.15) is 0 Å². The molecule has 3 nitrogen and oxygen atoms in total. The van der Waals surface area contributed by atoms with Gasteiger partial charge >= 0.3 is 0 Å². The summed E-state index contributed by atoms with van der Waals surface area (Å²) in [6.07, 6.45) is 1.37. The summed E-state index contributed by atoms with van der Waals surface area (Å²) in [5, 5.41) is 0. The van der Waals surface area contributed by atoms with E-state index >= 15 is 0 Å². The molecule has 3 heteroatoms. The van der Waals surface area contributed by atoms with Crippen LogP contribution in [0.15, 0.2) is 18.2 Å². The lowest BCUT2D eigenvalue weighted by Gasteiger charge is -2.22. The zero-order chi connectivity index (χ0) is 12.3. The van der Waals surface area contributed by atoms with Crippen LogP contribution in [0.4, 0.5) is 5.69 Å². The second kappa shape index (κ2) is 5.41. The molecule has 1 aliphatic heterocycles. The molecule has 0 aliphatic carbocycles. The Morgan fingerprint density at radius 2 is 2.06 bits per heavy atom. The van der Waals surface area contributed by atoms with Crippen LogP contribution >= 0.6 is 0 Å². The number of nitrogens with zero attached hydrogens (tertiary/aromatic N) is 1. The first-order chi connectivity index (χ1) is 8.28. The van der Waals surface area contributed by atoms with Crippen molar-refractivity contribution in [3.05, 3.63) is 23.8 Å². The molecular formula is C14H21NO2. The second-order valence-electron chi connectivity index (χ2n) is 4.33. The summed E-state index contributed by atoms with van der Waals surface area (Å²) >= 11 is 0. The van der Waals surface area contributed by atoms with Crippen LogP contribution < -0.4 is 9.64 Å². The Bertz CT molecular complexity index is 370. The maximum atomic E-state index is 5.47. The standard InChI is InChI=1S/C14H21NO2/c1-4-15(5-2)12-7-6-11(8-13-10-17-13)14(9-12)16-3/h6-7,9,13H,4-5,8,10H2,1-3H3. The lowest BCUT2D eigenvalue weighted by Crippen LogP contribution is -2.21. The van der Waals surface area contributed by atoms with Gasteiger partial charge in [0.2, 0.25) is 0 Å². The number of ether oxygens (including phenoxy) is 2. The minimum atomic E-state index is 0.406. The molecule has 2 rings (SSSR count). The first-order valence-corrected chi connectivity index (χ1v) is 6.32. The highest BCUT2D eigenvalue weighted by Gasteiger charge is 2.24. The highest BCUT2D eigenvalue weighted by atomic mass is 16.6. The van der Waals surface area contributed by atoms with Crippen LogP contribution in [0.1, 0.15) is 19.4 Å². The van der Waals surface area contributed by atoms with E-state index in [2.05, 4.69) is 36.9 Å². The molecule has 0 bridgehead atoms. The third-order valence-electron chi connectivity index (χ3n) is 3.25. The molecule has 0 aromatic heterocycles. The minimum Gasteiger partial charge on any atom is -0.496 e. The van der Waals surface area contributed by atoms with Crippen molar-refractivity contribution in [3.63, 3.8) is 0 Å². The minimum absolute atomic E-state index is 0.406. The molecule has 1 saturated heterocycles. The van der Waals surface area contributed by atoms with Crippen molar-refractivity contribution in [2.75, 3.05) is 31.7 Å². The second-order valence-corrected chi connectivity index (χ2v) is 4.33. The maximum absolute atomic E-state index is 5.47. The molecule has 1 aromatic rings. The predicted molar refractivity (Wildman–Crippen MR) is 70.0 cm³/mol. The molecule has 1 unspecified atom stereocenters. The Kier molecular flexibility index (Phi) is 3.89. The van der Waals surface area contributed by atoms with Gasteiger partial charge < -0.3 is 14.4 Å². The largest absolute Gasteiger partial charge is 0.496 e. The molecule has 1 atom stereocenters. The number of epoxide rings is 1. The Hall–Kier alpha value is -1.22. The molecule has 1 fully saturated rings. The summed E-state index contributed by atoms with van der Waals surface area (Å²) < 4.78 is 10.7. The zero-order valence-corrected chi connectivity index (χ0v) is 10.9. The first-order valence-electron chi connectivity index (χ1n) is 6.32. The van der Waals surface area contributed by atoms with Crippen LogP contribution in [0.3, 0.4) is 0 Å². The van der Waals surface area contributed by atoms with Gasteiger partial charge in [-0.05, 0) is 25.5 Å². The summed E-state index contributed by atoms with van der Waals surface area (Å²) in [7, 11) is 1.73. The number of methoxy groups -OCH3 is 1. The summed E-state index contributed by atoms with van der Waals surface area (Å²) in [6.45, 7) is 7.26. The van der Waals surface area contributed by atoms with E-state index in [9.17, 15) is 0 Å². The summed E-state index contributed by atoms with van der Waals surface area (Å²) in [5.74, 6) is 0.977. The van der Waals surface area contributed by atoms with Crippen LogP contribution in [0.5, 0.6) is 5.75 Å². The predicted octanol–water partition coefficient (Wildman–Crippen LogP) is 2.48. The molecule has 1 aromatic carbocycles.